The van der Waals surface area contributed by atoms with E-state index < -0.39 is 6.10 Å². The fraction of sp³-hybridized carbons (Fsp3) is 0.312. The minimum Gasteiger partial charge on any atom is -0.490 e. The Morgan fingerprint density at radius 3 is 2.76 bits per heavy atom. The molecular weight excluding hydrogens is 332 g/mol. The minimum absolute atomic E-state index is 0.255. The SMILES string of the molecule is Cc1ccc(OCC(O)CNCc2ccncc2)c(Br)c1. The molecule has 0 aliphatic carbocycles. The Kier molecular flexibility index (Phi) is 6.17. The van der Waals surface area contributed by atoms with Gasteiger partial charge in [0.25, 0.3) is 0 Å². The highest BCUT2D eigenvalue weighted by Gasteiger charge is 2.07. The summed E-state index contributed by atoms with van der Waals surface area (Å²) in [7, 11) is 0. The molecule has 0 amide bonds. The van der Waals surface area contributed by atoms with Crippen molar-refractivity contribution in [2.75, 3.05) is 13.2 Å². The summed E-state index contributed by atoms with van der Waals surface area (Å²) in [6.07, 6.45) is 2.96. The number of ether oxygens (including phenoxy) is 1. The lowest BCUT2D eigenvalue weighted by molar-refractivity contribution is 0.106. The molecule has 0 spiro atoms. The summed E-state index contributed by atoms with van der Waals surface area (Å²) in [4.78, 5) is 3.96. The number of aryl methyl sites for hydroxylation is 1. The zero-order chi connectivity index (χ0) is 15.1. The van der Waals surface area contributed by atoms with Crippen molar-refractivity contribution in [3.63, 3.8) is 0 Å². The van der Waals surface area contributed by atoms with Gasteiger partial charge in [-0.25, -0.2) is 0 Å². The van der Waals surface area contributed by atoms with E-state index in [1.54, 1.807) is 12.4 Å². The summed E-state index contributed by atoms with van der Waals surface area (Å²) in [5.41, 5.74) is 2.30. The molecule has 21 heavy (non-hydrogen) atoms. The van der Waals surface area contributed by atoms with Crippen molar-refractivity contribution >= 4 is 15.9 Å². The van der Waals surface area contributed by atoms with Gasteiger partial charge >= 0.3 is 0 Å². The smallest absolute Gasteiger partial charge is 0.133 e. The van der Waals surface area contributed by atoms with Crippen LogP contribution in [-0.2, 0) is 6.54 Å². The number of pyridine rings is 1. The molecule has 0 bridgehead atoms. The van der Waals surface area contributed by atoms with Crippen molar-refractivity contribution in [2.24, 2.45) is 0 Å². The van der Waals surface area contributed by atoms with Gasteiger partial charge in [0, 0.05) is 25.5 Å². The first kappa shape index (κ1) is 15.9. The van der Waals surface area contributed by atoms with Gasteiger partial charge in [-0.15, -0.1) is 0 Å². The predicted octanol–water partition coefficient (Wildman–Crippen LogP) is 2.68. The molecule has 1 atom stereocenters. The molecule has 0 saturated carbocycles. The highest BCUT2D eigenvalue weighted by molar-refractivity contribution is 9.10. The molecule has 5 heteroatoms. The Morgan fingerprint density at radius 2 is 2.05 bits per heavy atom. The number of hydrogen-bond acceptors (Lipinski definition) is 4. The van der Waals surface area contributed by atoms with Crippen molar-refractivity contribution in [2.45, 2.75) is 19.6 Å². The minimum atomic E-state index is -0.556. The van der Waals surface area contributed by atoms with Gasteiger partial charge < -0.3 is 15.2 Å². The summed E-state index contributed by atoms with van der Waals surface area (Å²) in [5, 5.41) is 13.1. The van der Waals surface area contributed by atoms with Crippen LogP contribution in [0.4, 0.5) is 0 Å². The Balaban J connectivity index is 1.71. The summed E-state index contributed by atoms with van der Waals surface area (Å²) in [5.74, 6) is 0.744. The van der Waals surface area contributed by atoms with Gasteiger partial charge in [-0.05, 0) is 58.2 Å². The largest absolute Gasteiger partial charge is 0.490 e. The Morgan fingerprint density at radius 1 is 1.29 bits per heavy atom. The lowest BCUT2D eigenvalue weighted by Gasteiger charge is -2.14. The standard InChI is InChI=1S/C16H19BrN2O2/c1-12-2-3-16(15(17)8-12)21-11-14(20)10-19-9-13-4-6-18-7-5-13/h2-8,14,19-20H,9-11H2,1H3. The molecule has 2 rings (SSSR count). The van der Waals surface area contributed by atoms with Crippen LogP contribution < -0.4 is 10.1 Å². The normalized spacial score (nSPS) is 12.1. The van der Waals surface area contributed by atoms with Gasteiger partial charge in [0.1, 0.15) is 18.5 Å². The van der Waals surface area contributed by atoms with E-state index in [2.05, 4.69) is 26.2 Å². The van der Waals surface area contributed by atoms with Gasteiger partial charge in [0.15, 0.2) is 0 Å². The Hall–Kier alpha value is -1.43. The average molecular weight is 351 g/mol. The topological polar surface area (TPSA) is 54.4 Å². The van der Waals surface area contributed by atoms with Crippen molar-refractivity contribution in [3.05, 3.63) is 58.3 Å². The first-order chi connectivity index (χ1) is 10.1. The van der Waals surface area contributed by atoms with E-state index >= 15 is 0 Å². The molecule has 0 fully saturated rings. The summed E-state index contributed by atoms with van der Waals surface area (Å²) < 4.78 is 6.51. The number of aliphatic hydroxyl groups is 1. The molecule has 1 heterocycles. The molecule has 4 nitrogen and oxygen atoms in total. The fourth-order valence-electron chi connectivity index (χ4n) is 1.85. The van der Waals surface area contributed by atoms with E-state index in [1.165, 1.54) is 0 Å². The van der Waals surface area contributed by atoms with Crippen LogP contribution in [0.3, 0.4) is 0 Å². The molecule has 1 unspecified atom stereocenters. The molecular formula is C16H19BrN2O2. The lowest BCUT2D eigenvalue weighted by Crippen LogP contribution is -2.31. The van der Waals surface area contributed by atoms with E-state index in [9.17, 15) is 5.11 Å². The third kappa shape index (κ3) is 5.46. The maximum absolute atomic E-state index is 9.92. The zero-order valence-electron chi connectivity index (χ0n) is 11.9. The number of nitrogens with zero attached hydrogens (tertiary/aromatic N) is 1. The van der Waals surface area contributed by atoms with Crippen LogP contribution >= 0.6 is 15.9 Å². The average Bonchev–Trinajstić information content (AvgIpc) is 2.47. The van der Waals surface area contributed by atoms with Gasteiger partial charge in [-0.1, -0.05) is 6.07 Å². The van der Waals surface area contributed by atoms with Crippen molar-refractivity contribution < 1.29 is 9.84 Å². The van der Waals surface area contributed by atoms with E-state index in [0.29, 0.717) is 13.1 Å². The summed E-state index contributed by atoms with van der Waals surface area (Å²) >= 11 is 3.45. The molecule has 1 aromatic carbocycles. The van der Waals surface area contributed by atoms with Gasteiger partial charge in [0.05, 0.1) is 4.47 Å². The zero-order valence-corrected chi connectivity index (χ0v) is 13.5. The molecule has 0 aliphatic heterocycles. The second-order valence-corrected chi connectivity index (χ2v) is 5.74. The number of halogens is 1. The third-order valence-corrected chi connectivity index (χ3v) is 3.60. The summed E-state index contributed by atoms with van der Waals surface area (Å²) in [6.45, 7) is 3.46. The van der Waals surface area contributed by atoms with Gasteiger partial charge in [-0.2, -0.15) is 0 Å². The second kappa shape index (κ2) is 8.12. The first-order valence-electron chi connectivity index (χ1n) is 6.82. The molecule has 0 radical (unpaired) electrons. The quantitative estimate of drug-likeness (QED) is 0.805. The lowest BCUT2D eigenvalue weighted by atomic mass is 10.2. The molecule has 1 aromatic heterocycles. The first-order valence-corrected chi connectivity index (χ1v) is 7.61. The van der Waals surface area contributed by atoms with Gasteiger partial charge in [-0.3, -0.25) is 4.98 Å². The van der Waals surface area contributed by atoms with E-state index in [-0.39, 0.29) is 6.61 Å². The number of aromatic nitrogens is 1. The number of aliphatic hydroxyl groups excluding tert-OH is 1. The van der Waals surface area contributed by atoms with E-state index in [4.69, 9.17) is 4.74 Å². The molecule has 2 aromatic rings. The highest BCUT2D eigenvalue weighted by atomic mass is 79.9. The van der Waals surface area contributed by atoms with Crippen molar-refractivity contribution in [3.8, 4) is 5.75 Å². The van der Waals surface area contributed by atoms with Crippen molar-refractivity contribution in [1.82, 2.24) is 10.3 Å². The van der Waals surface area contributed by atoms with Gasteiger partial charge in [0.2, 0.25) is 0 Å². The van der Waals surface area contributed by atoms with Crippen LogP contribution in [0.5, 0.6) is 5.75 Å². The predicted molar refractivity (Wildman–Crippen MR) is 86.3 cm³/mol. The van der Waals surface area contributed by atoms with E-state index in [0.717, 1.165) is 21.3 Å². The Bertz CT molecular complexity index is 563. The van der Waals surface area contributed by atoms with Crippen LogP contribution in [0.25, 0.3) is 0 Å². The van der Waals surface area contributed by atoms with Crippen LogP contribution in [0.1, 0.15) is 11.1 Å². The van der Waals surface area contributed by atoms with Crippen LogP contribution in [0.15, 0.2) is 47.2 Å². The fourth-order valence-corrected chi connectivity index (χ4v) is 2.46. The second-order valence-electron chi connectivity index (χ2n) is 4.89. The molecule has 0 saturated heterocycles. The Labute approximate surface area is 133 Å². The number of hydrogen-bond donors (Lipinski definition) is 2. The molecule has 0 aliphatic rings. The number of nitrogens with one attached hydrogen (secondary N) is 1. The number of benzene rings is 1. The van der Waals surface area contributed by atoms with E-state index in [1.807, 2.05) is 37.3 Å². The van der Waals surface area contributed by atoms with Crippen molar-refractivity contribution in [1.29, 1.82) is 0 Å². The molecule has 2 N–H and O–H groups in total. The van der Waals surface area contributed by atoms with Crippen LogP contribution in [0.2, 0.25) is 0 Å². The summed E-state index contributed by atoms with van der Waals surface area (Å²) in [6, 6.07) is 9.76. The highest BCUT2D eigenvalue weighted by Crippen LogP contribution is 2.25. The monoisotopic (exact) mass is 350 g/mol. The molecule has 112 valence electrons. The van der Waals surface area contributed by atoms with Crippen LogP contribution in [-0.4, -0.2) is 29.3 Å². The third-order valence-electron chi connectivity index (χ3n) is 2.98. The maximum atomic E-state index is 9.92. The maximum Gasteiger partial charge on any atom is 0.133 e. The van der Waals surface area contributed by atoms with Crippen LogP contribution in [0, 0.1) is 6.92 Å². The number of rotatable bonds is 7.